The molecule has 2 rings (SSSR count). The highest BCUT2D eigenvalue weighted by Gasteiger charge is 2.09. The molecule has 0 bridgehead atoms. The van der Waals surface area contributed by atoms with Gasteiger partial charge in [0.1, 0.15) is 19.0 Å². The van der Waals surface area contributed by atoms with Crippen molar-refractivity contribution >= 4 is 5.97 Å². The fourth-order valence-corrected chi connectivity index (χ4v) is 1.73. The summed E-state index contributed by atoms with van der Waals surface area (Å²) in [6, 6.07) is 9.65. The SMILES string of the molecule is Cc1cnc(C)n1CC(=O)OCc1ccccc1. The maximum absolute atomic E-state index is 11.7. The number of esters is 1. The lowest BCUT2D eigenvalue weighted by Gasteiger charge is -2.08. The first-order chi connectivity index (χ1) is 8.66. The zero-order valence-corrected chi connectivity index (χ0v) is 10.6. The van der Waals surface area contributed by atoms with E-state index in [2.05, 4.69) is 4.98 Å². The Morgan fingerprint density at radius 1 is 1.28 bits per heavy atom. The zero-order valence-electron chi connectivity index (χ0n) is 10.6. The lowest BCUT2D eigenvalue weighted by molar-refractivity contribution is -0.145. The van der Waals surface area contributed by atoms with Crippen LogP contribution in [0.25, 0.3) is 0 Å². The molecule has 0 unspecified atom stereocenters. The number of benzene rings is 1. The van der Waals surface area contributed by atoms with Gasteiger partial charge in [0.2, 0.25) is 0 Å². The molecular weight excluding hydrogens is 228 g/mol. The molecule has 0 amide bonds. The number of aromatic nitrogens is 2. The van der Waals surface area contributed by atoms with Crippen molar-refractivity contribution in [3.05, 3.63) is 53.6 Å². The van der Waals surface area contributed by atoms with Crippen LogP contribution in [-0.2, 0) is 22.7 Å². The van der Waals surface area contributed by atoms with E-state index in [0.717, 1.165) is 17.1 Å². The lowest BCUT2D eigenvalue weighted by atomic mass is 10.2. The third kappa shape index (κ3) is 2.97. The van der Waals surface area contributed by atoms with Gasteiger partial charge in [-0.2, -0.15) is 0 Å². The molecule has 4 heteroatoms. The van der Waals surface area contributed by atoms with Gasteiger partial charge in [0.15, 0.2) is 0 Å². The van der Waals surface area contributed by atoms with Gasteiger partial charge < -0.3 is 9.30 Å². The summed E-state index contributed by atoms with van der Waals surface area (Å²) in [4.78, 5) is 15.9. The number of hydrogen-bond acceptors (Lipinski definition) is 3. The first-order valence-corrected chi connectivity index (χ1v) is 5.85. The predicted molar refractivity (Wildman–Crippen MR) is 67.9 cm³/mol. The van der Waals surface area contributed by atoms with Crippen LogP contribution in [-0.4, -0.2) is 15.5 Å². The molecule has 1 aromatic heterocycles. The average molecular weight is 244 g/mol. The molecule has 2 aromatic rings. The second kappa shape index (κ2) is 5.49. The normalized spacial score (nSPS) is 10.3. The average Bonchev–Trinajstić information content (AvgIpc) is 2.69. The van der Waals surface area contributed by atoms with Gasteiger partial charge in [-0.25, -0.2) is 4.98 Å². The fraction of sp³-hybridized carbons (Fsp3) is 0.286. The Labute approximate surface area is 106 Å². The van der Waals surface area contributed by atoms with Crippen LogP contribution < -0.4 is 0 Å². The van der Waals surface area contributed by atoms with Gasteiger partial charge in [0, 0.05) is 11.9 Å². The summed E-state index contributed by atoms with van der Waals surface area (Å²) >= 11 is 0. The highest BCUT2D eigenvalue weighted by Crippen LogP contribution is 2.05. The minimum Gasteiger partial charge on any atom is -0.459 e. The molecule has 18 heavy (non-hydrogen) atoms. The first-order valence-electron chi connectivity index (χ1n) is 5.85. The Morgan fingerprint density at radius 3 is 2.61 bits per heavy atom. The summed E-state index contributed by atoms with van der Waals surface area (Å²) in [5, 5.41) is 0. The third-order valence-corrected chi connectivity index (χ3v) is 2.78. The standard InChI is InChI=1S/C14H16N2O2/c1-11-8-15-12(2)16(11)9-14(17)18-10-13-6-4-3-5-7-13/h3-8H,9-10H2,1-2H3. The van der Waals surface area contributed by atoms with Gasteiger partial charge in [-0.3, -0.25) is 4.79 Å². The number of nitrogens with zero attached hydrogens (tertiary/aromatic N) is 2. The fourth-order valence-electron chi connectivity index (χ4n) is 1.73. The number of rotatable bonds is 4. The topological polar surface area (TPSA) is 44.1 Å². The summed E-state index contributed by atoms with van der Waals surface area (Å²) in [6.45, 7) is 4.32. The quantitative estimate of drug-likeness (QED) is 0.775. The van der Waals surface area contributed by atoms with E-state index in [0.29, 0.717) is 6.61 Å². The summed E-state index contributed by atoms with van der Waals surface area (Å²) in [5.74, 6) is 0.576. The largest absolute Gasteiger partial charge is 0.459 e. The monoisotopic (exact) mass is 244 g/mol. The molecule has 1 heterocycles. The maximum atomic E-state index is 11.7. The van der Waals surface area contributed by atoms with Gasteiger partial charge in [-0.05, 0) is 19.4 Å². The second-order valence-corrected chi connectivity index (χ2v) is 4.18. The van der Waals surface area contributed by atoms with Crippen LogP contribution in [0.3, 0.4) is 0 Å². The number of imidazole rings is 1. The van der Waals surface area contributed by atoms with Crippen molar-refractivity contribution in [1.82, 2.24) is 9.55 Å². The number of aryl methyl sites for hydroxylation is 2. The van der Waals surface area contributed by atoms with Crippen LogP contribution in [0.2, 0.25) is 0 Å². The molecule has 0 fully saturated rings. The maximum Gasteiger partial charge on any atom is 0.326 e. The summed E-state index contributed by atoms with van der Waals surface area (Å²) in [6.07, 6.45) is 1.75. The molecule has 0 aliphatic heterocycles. The molecule has 0 aliphatic rings. The van der Waals surface area contributed by atoms with Gasteiger partial charge >= 0.3 is 5.97 Å². The number of ether oxygens (including phenoxy) is 1. The van der Waals surface area contributed by atoms with Crippen LogP contribution in [0, 0.1) is 13.8 Å². The van der Waals surface area contributed by atoms with E-state index in [-0.39, 0.29) is 12.5 Å². The third-order valence-electron chi connectivity index (χ3n) is 2.78. The molecule has 1 aromatic carbocycles. The molecular formula is C14H16N2O2. The van der Waals surface area contributed by atoms with E-state index in [4.69, 9.17) is 4.74 Å². The van der Waals surface area contributed by atoms with Crippen molar-refractivity contribution < 1.29 is 9.53 Å². The summed E-state index contributed by atoms with van der Waals surface area (Å²) in [7, 11) is 0. The van der Waals surface area contributed by atoms with Gasteiger partial charge in [0.25, 0.3) is 0 Å². The van der Waals surface area contributed by atoms with Crippen LogP contribution in [0.1, 0.15) is 17.1 Å². The van der Waals surface area contributed by atoms with E-state index in [1.807, 2.05) is 48.7 Å². The smallest absolute Gasteiger partial charge is 0.326 e. The van der Waals surface area contributed by atoms with Crippen LogP contribution in [0.4, 0.5) is 0 Å². The molecule has 0 radical (unpaired) electrons. The second-order valence-electron chi connectivity index (χ2n) is 4.18. The first kappa shape index (κ1) is 12.4. The van der Waals surface area contributed by atoms with Gasteiger partial charge in [-0.15, -0.1) is 0 Å². The molecule has 0 spiro atoms. The lowest BCUT2D eigenvalue weighted by Crippen LogP contribution is -2.15. The number of carbonyl (C=O) groups excluding carboxylic acids is 1. The Kier molecular flexibility index (Phi) is 3.77. The molecule has 0 N–H and O–H groups in total. The summed E-state index contributed by atoms with van der Waals surface area (Å²) < 4.78 is 7.06. The number of carbonyl (C=O) groups is 1. The van der Waals surface area contributed by atoms with E-state index in [9.17, 15) is 4.79 Å². The van der Waals surface area contributed by atoms with E-state index >= 15 is 0 Å². The van der Waals surface area contributed by atoms with Crippen molar-refractivity contribution in [1.29, 1.82) is 0 Å². The van der Waals surface area contributed by atoms with Crippen molar-refractivity contribution in [3.63, 3.8) is 0 Å². The van der Waals surface area contributed by atoms with Crippen LogP contribution >= 0.6 is 0 Å². The minimum absolute atomic E-state index is 0.213. The van der Waals surface area contributed by atoms with Gasteiger partial charge in [0.05, 0.1) is 0 Å². The number of hydrogen-bond donors (Lipinski definition) is 0. The van der Waals surface area contributed by atoms with Crippen molar-refractivity contribution in [2.45, 2.75) is 27.0 Å². The van der Waals surface area contributed by atoms with Crippen molar-refractivity contribution in [3.8, 4) is 0 Å². The highest BCUT2D eigenvalue weighted by molar-refractivity contribution is 5.69. The molecule has 4 nitrogen and oxygen atoms in total. The molecule has 0 saturated heterocycles. The Bertz CT molecular complexity index is 512. The predicted octanol–water partition coefficient (Wildman–Crippen LogP) is 2.24. The summed E-state index contributed by atoms with van der Waals surface area (Å²) in [5.41, 5.74) is 1.95. The van der Waals surface area contributed by atoms with E-state index in [1.54, 1.807) is 6.20 Å². The molecule has 0 aliphatic carbocycles. The Balaban J connectivity index is 1.90. The Hall–Kier alpha value is -2.10. The van der Waals surface area contributed by atoms with Gasteiger partial charge in [-0.1, -0.05) is 30.3 Å². The molecule has 0 saturated carbocycles. The zero-order chi connectivity index (χ0) is 13.0. The molecule has 94 valence electrons. The minimum atomic E-state index is -0.247. The van der Waals surface area contributed by atoms with Crippen molar-refractivity contribution in [2.75, 3.05) is 0 Å². The highest BCUT2D eigenvalue weighted by atomic mass is 16.5. The molecule has 0 atom stereocenters. The van der Waals surface area contributed by atoms with E-state index < -0.39 is 0 Å². The van der Waals surface area contributed by atoms with Crippen molar-refractivity contribution in [2.24, 2.45) is 0 Å². The van der Waals surface area contributed by atoms with E-state index in [1.165, 1.54) is 0 Å². The van der Waals surface area contributed by atoms with Crippen LogP contribution in [0.5, 0.6) is 0 Å². The Morgan fingerprint density at radius 2 is 2.00 bits per heavy atom. The van der Waals surface area contributed by atoms with Crippen LogP contribution in [0.15, 0.2) is 36.5 Å².